The molecule has 0 aliphatic rings. The standard InChI is InChI=1S/C13H19N3O2/c1-8(2)7-11(14)13(18)16-10-5-3-9(4-6-10)12(15)17/h3-6,8,11H,7,14H2,1-2H3,(H2,15,17)(H,16,18)/t11-/m0/s1. The van der Waals surface area contributed by atoms with Crippen molar-refractivity contribution in [1.82, 2.24) is 0 Å². The van der Waals surface area contributed by atoms with Crippen LogP contribution in [0.25, 0.3) is 0 Å². The van der Waals surface area contributed by atoms with Crippen LogP contribution in [0.4, 0.5) is 5.69 Å². The summed E-state index contributed by atoms with van der Waals surface area (Å²) in [5, 5.41) is 2.70. The van der Waals surface area contributed by atoms with Gasteiger partial charge in [-0.1, -0.05) is 13.8 Å². The van der Waals surface area contributed by atoms with Crippen LogP contribution < -0.4 is 16.8 Å². The van der Waals surface area contributed by atoms with Gasteiger partial charge < -0.3 is 16.8 Å². The third-order valence-electron chi connectivity index (χ3n) is 2.50. The van der Waals surface area contributed by atoms with Gasteiger partial charge in [0.1, 0.15) is 0 Å². The molecular formula is C13H19N3O2. The molecule has 0 saturated carbocycles. The van der Waals surface area contributed by atoms with Gasteiger partial charge >= 0.3 is 0 Å². The van der Waals surface area contributed by atoms with Gasteiger partial charge in [-0.15, -0.1) is 0 Å². The SMILES string of the molecule is CC(C)C[C@H](N)C(=O)Nc1ccc(C(N)=O)cc1. The zero-order chi connectivity index (χ0) is 13.7. The summed E-state index contributed by atoms with van der Waals surface area (Å²) in [6.07, 6.45) is 0.630. The molecule has 98 valence electrons. The lowest BCUT2D eigenvalue weighted by molar-refractivity contribution is -0.117. The van der Waals surface area contributed by atoms with E-state index in [9.17, 15) is 9.59 Å². The number of nitrogens with one attached hydrogen (secondary N) is 1. The molecule has 0 aliphatic heterocycles. The lowest BCUT2D eigenvalue weighted by atomic mass is 10.0. The van der Waals surface area contributed by atoms with E-state index < -0.39 is 11.9 Å². The Morgan fingerprint density at radius 1 is 1.22 bits per heavy atom. The van der Waals surface area contributed by atoms with E-state index in [1.54, 1.807) is 24.3 Å². The van der Waals surface area contributed by atoms with Gasteiger partial charge in [0, 0.05) is 11.3 Å². The lowest BCUT2D eigenvalue weighted by Crippen LogP contribution is -2.36. The number of hydrogen-bond acceptors (Lipinski definition) is 3. The van der Waals surface area contributed by atoms with E-state index >= 15 is 0 Å². The lowest BCUT2D eigenvalue weighted by Gasteiger charge is -2.14. The Hall–Kier alpha value is -1.88. The molecule has 0 bridgehead atoms. The van der Waals surface area contributed by atoms with Gasteiger partial charge in [0.2, 0.25) is 11.8 Å². The molecule has 0 radical (unpaired) electrons. The van der Waals surface area contributed by atoms with Crippen molar-refractivity contribution in [3.8, 4) is 0 Å². The van der Waals surface area contributed by atoms with Gasteiger partial charge in [-0.25, -0.2) is 0 Å². The van der Waals surface area contributed by atoms with Crippen molar-refractivity contribution in [1.29, 1.82) is 0 Å². The molecule has 5 N–H and O–H groups in total. The Morgan fingerprint density at radius 3 is 2.22 bits per heavy atom. The summed E-state index contributed by atoms with van der Waals surface area (Å²) in [4.78, 5) is 22.6. The topological polar surface area (TPSA) is 98.2 Å². The molecule has 1 aromatic carbocycles. The molecule has 0 saturated heterocycles. The molecule has 0 aliphatic carbocycles. The van der Waals surface area contributed by atoms with Crippen molar-refractivity contribution in [2.75, 3.05) is 5.32 Å². The maximum atomic E-state index is 11.7. The summed E-state index contributed by atoms with van der Waals surface area (Å²) in [5.41, 5.74) is 11.9. The summed E-state index contributed by atoms with van der Waals surface area (Å²) in [5.74, 6) is -0.358. The molecule has 0 unspecified atom stereocenters. The smallest absolute Gasteiger partial charge is 0.248 e. The number of anilines is 1. The first kappa shape index (κ1) is 14.2. The molecule has 2 amide bonds. The van der Waals surface area contributed by atoms with Crippen LogP contribution in [0, 0.1) is 5.92 Å². The normalized spacial score (nSPS) is 12.2. The Morgan fingerprint density at radius 2 is 1.78 bits per heavy atom. The van der Waals surface area contributed by atoms with Crippen molar-refractivity contribution in [2.45, 2.75) is 26.3 Å². The zero-order valence-electron chi connectivity index (χ0n) is 10.6. The molecule has 1 aromatic rings. The second kappa shape index (κ2) is 6.16. The molecule has 18 heavy (non-hydrogen) atoms. The van der Waals surface area contributed by atoms with Crippen LogP contribution in [-0.4, -0.2) is 17.9 Å². The second-order valence-corrected chi connectivity index (χ2v) is 4.67. The van der Waals surface area contributed by atoms with E-state index in [1.807, 2.05) is 13.8 Å². The van der Waals surface area contributed by atoms with Gasteiger partial charge in [0.25, 0.3) is 0 Å². The Balaban J connectivity index is 2.62. The summed E-state index contributed by atoms with van der Waals surface area (Å²) < 4.78 is 0. The van der Waals surface area contributed by atoms with Crippen molar-refractivity contribution in [3.63, 3.8) is 0 Å². The van der Waals surface area contributed by atoms with Crippen LogP contribution in [0.3, 0.4) is 0 Å². The minimum atomic E-state index is -0.527. The van der Waals surface area contributed by atoms with E-state index in [1.165, 1.54) is 0 Å². The summed E-state index contributed by atoms with van der Waals surface area (Å²) in [7, 11) is 0. The van der Waals surface area contributed by atoms with E-state index in [0.29, 0.717) is 23.6 Å². The molecular weight excluding hydrogens is 230 g/mol. The predicted octanol–water partition coefficient (Wildman–Crippen LogP) is 1.10. The molecule has 1 atom stereocenters. The fraction of sp³-hybridized carbons (Fsp3) is 0.385. The fourth-order valence-corrected chi connectivity index (χ4v) is 1.57. The van der Waals surface area contributed by atoms with Crippen molar-refractivity contribution in [2.24, 2.45) is 17.4 Å². The van der Waals surface area contributed by atoms with Crippen LogP contribution in [0.5, 0.6) is 0 Å². The number of carbonyl (C=O) groups is 2. The molecule has 1 rings (SSSR count). The molecule has 0 heterocycles. The second-order valence-electron chi connectivity index (χ2n) is 4.67. The first-order valence-electron chi connectivity index (χ1n) is 5.86. The molecule has 0 spiro atoms. The Kier molecular flexibility index (Phi) is 4.85. The van der Waals surface area contributed by atoms with Gasteiger partial charge in [0.05, 0.1) is 6.04 Å². The van der Waals surface area contributed by atoms with Crippen LogP contribution in [0.1, 0.15) is 30.6 Å². The van der Waals surface area contributed by atoms with E-state index in [2.05, 4.69) is 5.32 Å². The number of nitrogens with two attached hydrogens (primary N) is 2. The predicted molar refractivity (Wildman–Crippen MR) is 71.0 cm³/mol. The molecule has 0 aromatic heterocycles. The zero-order valence-corrected chi connectivity index (χ0v) is 10.6. The monoisotopic (exact) mass is 249 g/mol. The van der Waals surface area contributed by atoms with E-state index in [4.69, 9.17) is 11.5 Å². The largest absolute Gasteiger partial charge is 0.366 e. The third-order valence-corrected chi connectivity index (χ3v) is 2.50. The summed E-state index contributed by atoms with van der Waals surface area (Å²) in [6.45, 7) is 4.02. The van der Waals surface area contributed by atoms with Crippen LogP contribution in [0.2, 0.25) is 0 Å². The van der Waals surface area contributed by atoms with Crippen LogP contribution in [0.15, 0.2) is 24.3 Å². The maximum Gasteiger partial charge on any atom is 0.248 e. The highest BCUT2D eigenvalue weighted by molar-refractivity contribution is 5.96. The van der Waals surface area contributed by atoms with Crippen LogP contribution in [-0.2, 0) is 4.79 Å². The summed E-state index contributed by atoms with van der Waals surface area (Å²) >= 11 is 0. The number of rotatable bonds is 5. The number of carbonyl (C=O) groups excluding carboxylic acids is 2. The first-order valence-corrected chi connectivity index (χ1v) is 5.86. The number of hydrogen-bond donors (Lipinski definition) is 3. The summed E-state index contributed by atoms with van der Waals surface area (Å²) in [6, 6.07) is 5.85. The average molecular weight is 249 g/mol. The van der Waals surface area contributed by atoms with E-state index in [-0.39, 0.29) is 5.91 Å². The van der Waals surface area contributed by atoms with Crippen molar-refractivity contribution < 1.29 is 9.59 Å². The quantitative estimate of drug-likeness (QED) is 0.728. The van der Waals surface area contributed by atoms with Crippen LogP contribution >= 0.6 is 0 Å². The van der Waals surface area contributed by atoms with Gasteiger partial charge in [-0.2, -0.15) is 0 Å². The van der Waals surface area contributed by atoms with Gasteiger partial charge in [-0.05, 0) is 36.6 Å². The molecule has 5 heteroatoms. The number of benzene rings is 1. The maximum absolute atomic E-state index is 11.7. The average Bonchev–Trinajstić information content (AvgIpc) is 2.28. The number of primary amides is 1. The highest BCUT2D eigenvalue weighted by Crippen LogP contribution is 2.11. The highest BCUT2D eigenvalue weighted by Gasteiger charge is 2.14. The minimum Gasteiger partial charge on any atom is -0.366 e. The van der Waals surface area contributed by atoms with Crippen molar-refractivity contribution in [3.05, 3.63) is 29.8 Å². The number of amides is 2. The van der Waals surface area contributed by atoms with E-state index in [0.717, 1.165) is 0 Å². The molecule has 0 fully saturated rings. The first-order chi connectivity index (χ1) is 8.40. The fourth-order valence-electron chi connectivity index (χ4n) is 1.57. The minimum absolute atomic E-state index is 0.226. The Labute approximate surface area is 107 Å². The van der Waals surface area contributed by atoms with Gasteiger partial charge in [0.15, 0.2) is 0 Å². The Bertz CT molecular complexity index is 426. The highest BCUT2D eigenvalue weighted by atomic mass is 16.2. The van der Waals surface area contributed by atoms with Gasteiger partial charge in [-0.3, -0.25) is 9.59 Å². The third kappa shape index (κ3) is 4.18. The van der Waals surface area contributed by atoms with Crippen molar-refractivity contribution >= 4 is 17.5 Å². The molecule has 5 nitrogen and oxygen atoms in total.